The fraction of sp³-hybridized carbons (Fsp3) is 0.435. The van der Waals surface area contributed by atoms with E-state index in [9.17, 15) is 0 Å². The maximum Gasteiger partial charge on any atom is 0.217 e. The number of hydrogen-bond donors (Lipinski definition) is 0. The van der Waals surface area contributed by atoms with E-state index in [0.29, 0.717) is 6.61 Å². The van der Waals surface area contributed by atoms with Gasteiger partial charge in [-0.15, -0.1) is 0 Å². The maximum absolute atomic E-state index is 5.89. The number of hydrogen-bond acceptors (Lipinski definition) is 2. The van der Waals surface area contributed by atoms with Crippen LogP contribution in [0.15, 0.2) is 47.5 Å². The minimum atomic E-state index is -0.119. The third-order valence-electron chi connectivity index (χ3n) is 4.67. The van der Waals surface area contributed by atoms with Crippen LogP contribution in [0.4, 0.5) is 0 Å². The van der Waals surface area contributed by atoms with Crippen LogP contribution >= 0.6 is 0 Å². The average molecular weight is 335 g/mol. The van der Waals surface area contributed by atoms with Gasteiger partial charge in [0.15, 0.2) is 0 Å². The zero-order valence-corrected chi connectivity index (χ0v) is 15.9. The first-order valence-corrected chi connectivity index (χ1v) is 9.37. The standard InChI is InChI=1S/C23H29NO/c1-5-7-18-8-6-9-19(15-18)11-12-20-14-17(2)10-13-21(20)22-24-23(3,4)16-25-22/h6,8-10,13-15H,5,7,11-12,16H2,1-4H3. The Morgan fingerprint density at radius 1 is 1.00 bits per heavy atom. The summed E-state index contributed by atoms with van der Waals surface area (Å²) in [5.74, 6) is 0.805. The van der Waals surface area contributed by atoms with Crippen LogP contribution in [-0.2, 0) is 24.0 Å². The summed E-state index contributed by atoms with van der Waals surface area (Å²) in [5, 5.41) is 0. The first-order chi connectivity index (χ1) is 12.0. The summed E-state index contributed by atoms with van der Waals surface area (Å²) in [7, 11) is 0. The lowest BCUT2D eigenvalue weighted by molar-refractivity contribution is 0.279. The Bertz CT molecular complexity index is 773. The first kappa shape index (κ1) is 17.7. The zero-order chi connectivity index (χ0) is 17.9. The number of rotatable bonds is 6. The van der Waals surface area contributed by atoms with Crippen molar-refractivity contribution in [3.05, 3.63) is 70.3 Å². The zero-order valence-electron chi connectivity index (χ0n) is 15.9. The van der Waals surface area contributed by atoms with Gasteiger partial charge in [0.25, 0.3) is 0 Å². The van der Waals surface area contributed by atoms with Crippen molar-refractivity contribution in [1.29, 1.82) is 0 Å². The maximum atomic E-state index is 5.89. The molecular formula is C23H29NO. The molecule has 0 N–H and O–H groups in total. The summed E-state index contributed by atoms with van der Waals surface area (Å²) in [5.41, 5.74) is 6.50. The molecule has 25 heavy (non-hydrogen) atoms. The highest BCUT2D eigenvalue weighted by molar-refractivity contribution is 5.97. The average Bonchev–Trinajstić information content (AvgIpc) is 2.93. The molecule has 0 radical (unpaired) electrons. The van der Waals surface area contributed by atoms with Gasteiger partial charge in [-0.25, -0.2) is 4.99 Å². The molecule has 0 amide bonds. The fourth-order valence-electron chi connectivity index (χ4n) is 3.37. The topological polar surface area (TPSA) is 21.6 Å². The highest BCUT2D eigenvalue weighted by Crippen LogP contribution is 2.24. The first-order valence-electron chi connectivity index (χ1n) is 9.37. The summed E-state index contributed by atoms with van der Waals surface area (Å²) in [6.45, 7) is 9.28. The van der Waals surface area contributed by atoms with Gasteiger partial charge in [0, 0.05) is 5.56 Å². The van der Waals surface area contributed by atoms with Gasteiger partial charge in [-0.1, -0.05) is 55.3 Å². The van der Waals surface area contributed by atoms with Crippen molar-refractivity contribution in [2.24, 2.45) is 4.99 Å². The normalized spacial score (nSPS) is 15.8. The van der Waals surface area contributed by atoms with Crippen molar-refractivity contribution < 1.29 is 4.74 Å². The molecule has 0 fully saturated rings. The Kier molecular flexibility index (Phi) is 5.27. The van der Waals surface area contributed by atoms with E-state index in [1.807, 2.05) is 0 Å². The van der Waals surface area contributed by atoms with Gasteiger partial charge in [-0.3, -0.25) is 0 Å². The van der Waals surface area contributed by atoms with E-state index in [0.717, 1.165) is 30.7 Å². The Labute approximate surface area is 152 Å². The Morgan fingerprint density at radius 2 is 1.76 bits per heavy atom. The molecule has 2 aromatic rings. The van der Waals surface area contributed by atoms with E-state index in [1.165, 1.54) is 28.7 Å². The third-order valence-corrected chi connectivity index (χ3v) is 4.67. The van der Waals surface area contributed by atoms with Gasteiger partial charge in [0.2, 0.25) is 5.90 Å². The Hall–Kier alpha value is -2.09. The van der Waals surface area contributed by atoms with Gasteiger partial charge in [0.05, 0.1) is 5.54 Å². The van der Waals surface area contributed by atoms with Crippen molar-refractivity contribution in [3.8, 4) is 0 Å². The summed E-state index contributed by atoms with van der Waals surface area (Å²) >= 11 is 0. The SMILES string of the molecule is CCCc1cccc(CCc2cc(C)ccc2C2=NC(C)(C)CO2)c1. The summed E-state index contributed by atoms with van der Waals surface area (Å²) in [4.78, 5) is 4.77. The fourth-order valence-corrected chi connectivity index (χ4v) is 3.37. The number of aryl methyl sites for hydroxylation is 4. The van der Waals surface area contributed by atoms with Crippen molar-refractivity contribution >= 4 is 5.90 Å². The van der Waals surface area contributed by atoms with Crippen LogP contribution in [0, 0.1) is 6.92 Å². The predicted octanol–water partition coefficient (Wildman–Crippen LogP) is 5.29. The highest BCUT2D eigenvalue weighted by atomic mass is 16.5. The third kappa shape index (κ3) is 4.50. The van der Waals surface area contributed by atoms with Crippen LogP contribution < -0.4 is 0 Å². The molecule has 2 nitrogen and oxygen atoms in total. The molecule has 3 rings (SSSR count). The largest absolute Gasteiger partial charge is 0.475 e. The summed E-state index contributed by atoms with van der Waals surface area (Å²) in [6.07, 6.45) is 4.40. The molecule has 0 spiro atoms. The number of benzene rings is 2. The molecule has 0 bridgehead atoms. The van der Waals surface area contributed by atoms with Crippen LogP contribution in [0.3, 0.4) is 0 Å². The lowest BCUT2D eigenvalue weighted by atomic mass is 9.96. The molecule has 1 aliphatic heterocycles. The summed E-state index contributed by atoms with van der Waals surface area (Å²) < 4.78 is 5.89. The van der Waals surface area contributed by atoms with Crippen molar-refractivity contribution in [2.75, 3.05) is 6.61 Å². The molecule has 1 heterocycles. The monoisotopic (exact) mass is 335 g/mol. The molecule has 0 aliphatic carbocycles. The van der Waals surface area contributed by atoms with E-state index in [-0.39, 0.29) is 5.54 Å². The van der Waals surface area contributed by atoms with Gasteiger partial charge < -0.3 is 4.74 Å². The molecule has 2 aromatic carbocycles. The molecule has 0 aromatic heterocycles. The number of nitrogens with zero attached hydrogens (tertiary/aromatic N) is 1. The minimum Gasteiger partial charge on any atom is -0.475 e. The van der Waals surface area contributed by atoms with Crippen molar-refractivity contribution in [3.63, 3.8) is 0 Å². The van der Waals surface area contributed by atoms with Crippen molar-refractivity contribution in [2.45, 2.75) is 58.9 Å². The van der Waals surface area contributed by atoms with E-state index < -0.39 is 0 Å². The minimum absolute atomic E-state index is 0.119. The molecule has 0 saturated carbocycles. The van der Waals surface area contributed by atoms with Crippen LogP contribution in [0.5, 0.6) is 0 Å². The van der Waals surface area contributed by atoms with E-state index in [2.05, 4.69) is 70.2 Å². The Balaban J connectivity index is 1.81. The molecular weight excluding hydrogens is 306 g/mol. The van der Waals surface area contributed by atoms with Gasteiger partial charge in [-0.05, 0) is 62.8 Å². The van der Waals surface area contributed by atoms with E-state index in [4.69, 9.17) is 9.73 Å². The van der Waals surface area contributed by atoms with Crippen LogP contribution in [0.25, 0.3) is 0 Å². The second-order valence-corrected chi connectivity index (χ2v) is 7.75. The highest BCUT2D eigenvalue weighted by Gasteiger charge is 2.28. The molecule has 0 unspecified atom stereocenters. The van der Waals surface area contributed by atoms with Gasteiger partial charge in [-0.2, -0.15) is 0 Å². The van der Waals surface area contributed by atoms with Gasteiger partial charge in [0.1, 0.15) is 6.61 Å². The van der Waals surface area contributed by atoms with Crippen molar-refractivity contribution in [1.82, 2.24) is 0 Å². The second-order valence-electron chi connectivity index (χ2n) is 7.75. The van der Waals surface area contributed by atoms with E-state index in [1.54, 1.807) is 0 Å². The lowest BCUT2D eigenvalue weighted by Gasteiger charge is -2.11. The van der Waals surface area contributed by atoms with Crippen LogP contribution in [0.1, 0.15) is 55.0 Å². The predicted molar refractivity (Wildman–Crippen MR) is 106 cm³/mol. The molecule has 0 saturated heterocycles. The molecule has 2 heteroatoms. The molecule has 1 aliphatic rings. The summed E-state index contributed by atoms with van der Waals surface area (Å²) in [6, 6.07) is 15.6. The molecule has 0 atom stereocenters. The lowest BCUT2D eigenvalue weighted by Crippen LogP contribution is -2.17. The smallest absolute Gasteiger partial charge is 0.217 e. The Morgan fingerprint density at radius 3 is 2.44 bits per heavy atom. The van der Waals surface area contributed by atoms with E-state index >= 15 is 0 Å². The van der Waals surface area contributed by atoms with Crippen LogP contribution in [0.2, 0.25) is 0 Å². The number of ether oxygens (including phenoxy) is 1. The van der Waals surface area contributed by atoms with Gasteiger partial charge >= 0.3 is 0 Å². The quantitative estimate of drug-likeness (QED) is 0.703. The second kappa shape index (κ2) is 7.43. The van der Waals surface area contributed by atoms with Crippen LogP contribution in [-0.4, -0.2) is 18.0 Å². The molecule has 132 valence electrons. The number of aliphatic imine (C=N–C) groups is 1.